The van der Waals surface area contributed by atoms with Crippen molar-refractivity contribution in [3.63, 3.8) is 0 Å². The Bertz CT molecular complexity index is 644. The summed E-state index contributed by atoms with van der Waals surface area (Å²) in [6.07, 6.45) is 4.25. The van der Waals surface area contributed by atoms with E-state index in [1.165, 1.54) is 16.9 Å². The van der Waals surface area contributed by atoms with Crippen LogP contribution >= 0.6 is 0 Å². The van der Waals surface area contributed by atoms with Crippen LogP contribution in [-0.2, 0) is 6.54 Å². The molecule has 2 heterocycles. The molecule has 0 fully saturated rings. The van der Waals surface area contributed by atoms with Gasteiger partial charge in [0.2, 0.25) is 0 Å². The van der Waals surface area contributed by atoms with E-state index in [1.54, 1.807) is 0 Å². The summed E-state index contributed by atoms with van der Waals surface area (Å²) in [6, 6.07) is 16.8. The van der Waals surface area contributed by atoms with Gasteiger partial charge in [0.1, 0.15) is 18.4 Å². The van der Waals surface area contributed by atoms with E-state index in [2.05, 4.69) is 76.8 Å². The van der Waals surface area contributed by atoms with Crippen LogP contribution in [0.2, 0.25) is 0 Å². The molecular weight excluding hydrogens is 288 g/mol. The Morgan fingerprint density at radius 1 is 1.00 bits per heavy atom. The first-order chi connectivity index (χ1) is 8.34. The van der Waals surface area contributed by atoms with Crippen LogP contribution in [0.3, 0.4) is 0 Å². The van der Waals surface area contributed by atoms with Crippen molar-refractivity contribution in [3.8, 4) is 0 Å². The molecule has 0 aliphatic rings. The normalized spacial score (nSPS) is 10.3. The Labute approximate surface area is 117 Å². The zero-order valence-corrected chi connectivity index (χ0v) is 11.8. The van der Waals surface area contributed by atoms with Gasteiger partial charge in [-0.3, -0.25) is 0 Å². The summed E-state index contributed by atoms with van der Waals surface area (Å²) in [4.78, 5) is 0. The molecule has 3 heteroatoms. The number of rotatable bonds is 2. The molecule has 0 aliphatic carbocycles. The second-order valence-corrected chi connectivity index (χ2v) is 4.31. The van der Waals surface area contributed by atoms with Crippen molar-refractivity contribution in [2.45, 2.75) is 13.5 Å². The van der Waals surface area contributed by atoms with Gasteiger partial charge < -0.3 is 17.0 Å². The summed E-state index contributed by atoms with van der Waals surface area (Å²) < 4.78 is 4.49. The van der Waals surface area contributed by atoms with Crippen molar-refractivity contribution < 1.29 is 21.4 Å². The van der Waals surface area contributed by atoms with E-state index in [-0.39, 0.29) is 17.0 Å². The first kappa shape index (κ1) is 12.8. The zero-order valence-electron chi connectivity index (χ0n) is 10.3. The van der Waals surface area contributed by atoms with Gasteiger partial charge in [0.15, 0.2) is 0 Å². The second-order valence-electron chi connectivity index (χ2n) is 4.31. The van der Waals surface area contributed by atoms with E-state index in [1.807, 2.05) is 0 Å². The highest BCUT2D eigenvalue weighted by atomic mass is 79.9. The Hall–Kier alpha value is -1.61. The standard InChI is InChI=1S/C15H15N2.BrH/c1-13-11-16-10-6-5-9-15(16)17(13)12-14-7-3-2-4-8-14;/h2-11H,12H2,1H3;1H/q+1;/p-1. The SMILES string of the molecule is Cc1c[n+]2ccccc2n1Cc1ccccc1.[Br-]. The average molecular weight is 303 g/mol. The Kier molecular flexibility index (Phi) is 3.82. The molecule has 0 saturated carbocycles. The summed E-state index contributed by atoms with van der Waals surface area (Å²) >= 11 is 0. The van der Waals surface area contributed by atoms with Gasteiger partial charge in [-0.2, -0.15) is 0 Å². The molecule has 92 valence electrons. The molecule has 2 nitrogen and oxygen atoms in total. The van der Waals surface area contributed by atoms with Gasteiger partial charge in [-0.25, -0.2) is 8.97 Å². The van der Waals surface area contributed by atoms with Crippen molar-refractivity contribution in [2.24, 2.45) is 0 Å². The van der Waals surface area contributed by atoms with Crippen molar-refractivity contribution in [1.29, 1.82) is 0 Å². The summed E-state index contributed by atoms with van der Waals surface area (Å²) in [5.74, 6) is 0. The molecule has 2 aromatic heterocycles. The van der Waals surface area contributed by atoms with Crippen LogP contribution in [0.1, 0.15) is 11.3 Å². The molecule has 3 rings (SSSR count). The minimum absolute atomic E-state index is 0. The molecule has 3 aromatic rings. The van der Waals surface area contributed by atoms with Gasteiger partial charge in [0.25, 0.3) is 5.65 Å². The number of nitrogens with zero attached hydrogens (tertiary/aromatic N) is 2. The number of imidazole rings is 1. The van der Waals surface area contributed by atoms with Crippen LogP contribution < -0.4 is 21.4 Å². The van der Waals surface area contributed by atoms with Gasteiger partial charge in [0, 0.05) is 13.0 Å². The fourth-order valence-electron chi connectivity index (χ4n) is 2.21. The summed E-state index contributed by atoms with van der Waals surface area (Å²) in [7, 11) is 0. The quantitative estimate of drug-likeness (QED) is 0.569. The number of aromatic nitrogens is 2. The summed E-state index contributed by atoms with van der Waals surface area (Å²) in [5, 5.41) is 0. The van der Waals surface area contributed by atoms with Crippen LogP contribution in [0.15, 0.2) is 60.9 Å². The van der Waals surface area contributed by atoms with Crippen molar-refractivity contribution in [3.05, 3.63) is 72.2 Å². The third kappa shape index (κ3) is 2.31. The lowest BCUT2D eigenvalue weighted by Crippen LogP contribution is -3.00. The number of fused-ring (bicyclic) bond motifs is 1. The van der Waals surface area contributed by atoms with Crippen LogP contribution in [0.5, 0.6) is 0 Å². The maximum Gasteiger partial charge on any atom is 0.286 e. The highest BCUT2D eigenvalue weighted by Crippen LogP contribution is 2.09. The molecule has 0 atom stereocenters. The molecule has 18 heavy (non-hydrogen) atoms. The molecule has 0 saturated heterocycles. The van der Waals surface area contributed by atoms with E-state index >= 15 is 0 Å². The van der Waals surface area contributed by atoms with Crippen molar-refractivity contribution in [2.75, 3.05) is 0 Å². The smallest absolute Gasteiger partial charge is 0.286 e. The Balaban J connectivity index is 0.00000120. The molecule has 1 aromatic carbocycles. The lowest BCUT2D eigenvalue weighted by molar-refractivity contribution is -0.510. The fraction of sp³-hybridized carbons (Fsp3) is 0.133. The molecule has 0 bridgehead atoms. The maximum absolute atomic E-state index is 2.33. The van der Waals surface area contributed by atoms with E-state index in [4.69, 9.17) is 0 Å². The lowest BCUT2D eigenvalue weighted by Gasteiger charge is -2.00. The largest absolute Gasteiger partial charge is 1.00 e. The molecule has 0 spiro atoms. The van der Waals surface area contributed by atoms with E-state index in [0.29, 0.717) is 0 Å². The van der Waals surface area contributed by atoms with E-state index < -0.39 is 0 Å². The minimum atomic E-state index is 0. The number of hydrogen-bond acceptors (Lipinski definition) is 0. The number of hydrogen-bond donors (Lipinski definition) is 0. The number of pyridine rings is 1. The first-order valence-electron chi connectivity index (χ1n) is 5.85. The predicted molar refractivity (Wildman–Crippen MR) is 67.9 cm³/mol. The number of benzene rings is 1. The van der Waals surface area contributed by atoms with E-state index in [0.717, 1.165) is 6.54 Å². The second kappa shape index (κ2) is 5.36. The monoisotopic (exact) mass is 302 g/mol. The molecule has 0 aliphatic heterocycles. The van der Waals surface area contributed by atoms with Gasteiger partial charge in [-0.05, 0) is 11.6 Å². The van der Waals surface area contributed by atoms with Crippen LogP contribution in [0.4, 0.5) is 0 Å². The number of aryl methyl sites for hydroxylation is 1. The Morgan fingerprint density at radius 2 is 1.72 bits per heavy atom. The van der Waals surface area contributed by atoms with Gasteiger partial charge in [-0.1, -0.05) is 36.4 Å². The molecule has 0 amide bonds. The molecule has 0 N–H and O–H groups in total. The van der Waals surface area contributed by atoms with Gasteiger partial charge >= 0.3 is 0 Å². The molecule has 0 radical (unpaired) electrons. The van der Waals surface area contributed by atoms with Crippen molar-refractivity contribution in [1.82, 2.24) is 4.57 Å². The Morgan fingerprint density at radius 3 is 2.50 bits per heavy atom. The lowest BCUT2D eigenvalue weighted by atomic mass is 10.2. The zero-order chi connectivity index (χ0) is 11.7. The van der Waals surface area contributed by atoms with Crippen LogP contribution in [-0.4, -0.2) is 4.57 Å². The minimum Gasteiger partial charge on any atom is -1.00 e. The summed E-state index contributed by atoms with van der Waals surface area (Å²) in [5.41, 5.74) is 3.84. The topological polar surface area (TPSA) is 9.03 Å². The highest BCUT2D eigenvalue weighted by molar-refractivity contribution is 5.33. The third-order valence-corrected chi connectivity index (χ3v) is 3.08. The van der Waals surface area contributed by atoms with Gasteiger partial charge in [0.05, 0.1) is 6.20 Å². The predicted octanol–water partition coefficient (Wildman–Crippen LogP) is -0.412. The maximum atomic E-state index is 2.33. The van der Waals surface area contributed by atoms with Crippen LogP contribution in [0.25, 0.3) is 5.65 Å². The van der Waals surface area contributed by atoms with E-state index in [9.17, 15) is 0 Å². The first-order valence-corrected chi connectivity index (χ1v) is 5.85. The third-order valence-electron chi connectivity index (χ3n) is 3.08. The molecule has 0 unspecified atom stereocenters. The molecular formula is C15H15BrN2. The highest BCUT2D eigenvalue weighted by Gasteiger charge is 2.13. The van der Waals surface area contributed by atoms with Gasteiger partial charge in [-0.15, -0.1) is 0 Å². The fourth-order valence-corrected chi connectivity index (χ4v) is 2.21. The average Bonchev–Trinajstić information content (AvgIpc) is 2.68. The van der Waals surface area contributed by atoms with Crippen LogP contribution in [0, 0.1) is 6.92 Å². The van der Waals surface area contributed by atoms with Crippen molar-refractivity contribution >= 4 is 5.65 Å². The summed E-state index contributed by atoms with van der Waals surface area (Å²) in [6.45, 7) is 3.07. The number of halogens is 1.